The fourth-order valence-electron chi connectivity index (χ4n) is 2.75. The Kier molecular flexibility index (Phi) is 5.66. The van der Waals surface area contributed by atoms with E-state index in [9.17, 15) is 0 Å². The Labute approximate surface area is 96.0 Å². The smallest absolute Gasteiger partial charge is 0.00978 e. The fraction of sp³-hybridized carbons (Fsp3) is 1.00. The van der Waals surface area contributed by atoms with E-state index in [0.29, 0.717) is 6.04 Å². The van der Waals surface area contributed by atoms with Crippen LogP contribution in [0.1, 0.15) is 66.2 Å². The van der Waals surface area contributed by atoms with Gasteiger partial charge in [0.1, 0.15) is 0 Å². The van der Waals surface area contributed by atoms with Gasteiger partial charge in [0.25, 0.3) is 0 Å². The Balaban J connectivity index is 2.17. The number of hydrogen-bond donors (Lipinski definition) is 1. The minimum absolute atomic E-state index is 0.717. The molecule has 1 heteroatoms. The summed E-state index contributed by atoms with van der Waals surface area (Å²) in [4.78, 5) is 0. The molecule has 0 radical (unpaired) electrons. The van der Waals surface area contributed by atoms with Gasteiger partial charge in [-0.2, -0.15) is 0 Å². The van der Waals surface area contributed by atoms with Crippen LogP contribution in [-0.2, 0) is 0 Å². The molecule has 1 aliphatic carbocycles. The van der Waals surface area contributed by atoms with Gasteiger partial charge in [-0.05, 0) is 38.0 Å². The molecule has 0 aliphatic heterocycles. The normalized spacial score (nSPS) is 33.2. The SMILES string of the molecule is CCCCCC(C)NC1CCC(C)C1C. The summed E-state index contributed by atoms with van der Waals surface area (Å²) in [7, 11) is 0. The van der Waals surface area contributed by atoms with Crippen molar-refractivity contribution in [1.29, 1.82) is 0 Å². The van der Waals surface area contributed by atoms with E-state index in [-0.39, 0.29) is 0 Å². The third-order valence-corrected chi connectivity index (χ3v) is 4.20. The first kappa shape index (κ1) is 13.0. The van der Waals surface area contributed by atoms with E-state index in [1.807, 2.05) is 0 Å². The standard InChI is InChI=1S/C14H29N/c1-5-6-7-8-12(3)15-14-10-9-11(2)13(14)4/h11-15H,5-10H2,1-4H3. The van der Waals surface area contributed by atoms with Crippen LogP contribution in [0.15, 0.2) is 0 Å². The zero-order chi connectivity index (χ0) is 11.3. The molecule has 4 unspecified atom stereocenters. The average Bonchev–Trinajstić information content (AvgIpc) is 2.50. The molecular weight excluding hydrogens is 182 g/mol. The minimum Gasteiger partial charge on any atom is -0.311 e. The number of nitrogens with one attached hydrogen (secondary N) is 1. The Morgan fingerprint density at radius 3 is 2.47 bits per heavy atom. The molecule has 15 heavy (non-hydrogen) atoms. The van der Waals surface area contributed by atoms with Crippen molar-refractivity contribution in [3.05, 3.63) is 0 Å². The second-order valence-electron chi connectivity index (χ2n) is 5.58. The molecule has 1 aliphatic rings. The molecule has 1 saturated carbocycles. The lowest BCUT2D eigenvalue weighted by molar-refractivity contribution is 0.334. The summed E-state index contributed by atoms with van der Waals surface area (Å²) in [5, 5.41) is 3.82. The van der Waals surface area contributed by atoms with Crippen LogP contribution in [0.25, 0.3) is 0 Å². The van der Waals surface area contributed by atoms with Crippen LogP contribution in [0.5, 0.6) is 0 Å². The molecule has 1 fully saturated rings. The van der Waals surface area contributed by atoms with Crippen molar-refractivity contribution in [2.75, 3.05) is 0 Å². The molecule has 0 heterocycles. The molecule has 0 amide bonds. The van der Waals surface area contributed by atoms with Crippen LogP contribution in [0.2, 0.25) is 0 Å². The van der Waals surface area contributed by atoms with Crippen molar-refractivity contribution in [3.63, 3.8) is 0 Å². The zero-order valence-electron chi connectivity index (χ0n) is 11.1. The summed E-state index contributed by atoms with van der Waals surface area (Å²) in [6, 6.07) is 1.51. The van der Waals surface area contributed by atoms with Crippen LogP contribution in [0.3, 0.4) is 0 Å². The number of hydrogen-bond acceptors (Lipinski definition) is 1. The Bertz CT molecular complexity index is 167. The van der Waals surface area contributed by atoms with E-state index in [4.69, 9.17) is 0 Å². The molecule has 0 bridgehead atoms. The molecule has 1 rings (SSSR count). The first-order chi connectivity index (χ1) is 7.15. The first-order valence-electron chi connectivity index (χ1n) is 6.91. The van der Waals surface area contributed by atoms with Gasteiger partial charge in [0, 0.05) is 12.1 Å². The quantitative estimate of drug-likeness (QED) is 0.655. The van der Waals surface area contributed by atoms with Crippen LogP contribution < -0.4 is 5.32 Å². The van der Waals surface area contributed by atoms with Crippen molar-refractivity contribution in [1.82, 2.24) is 5.32 Å². The Hall–Kier alpha value is -0.0400. The maximum absolute atomic E-state index is 3.82. The van der Waals surface area contributed by atoms with Gasteiger partial charge in [-0.1, -0.05) is 40.0 Å². The van der Waals surface area contributed by atoms with Crippen molar-refractivity contribution in [2.24, 2.45) is 11.8 Å². The Morgan fingerprint density at radius 1 is 1.20 bits per heavy atom. The summed E-state index contributed by atoms with van der Waals surface area (Å²) >= 11 is 0. The van der Waals surface area contributed by atoms with Crippen LogP contribution in [0.4, 0.5) is 0 Å². The summed E-state index contributed by atoms with van der Waals surface area (Å²) in [6.45, 7) is 9.44. The summed E-state index contributed by atoms with van der Waals surface area (Å²) in [6.07, 6.45) is 8.28. The zero-order valence-corrected chi connectivity index (χ0v) is 11.1. The van der Waals surface area contributed by atoms with E-state index >= 15 is 0 Å². The van der Waals surface area contributed by atoms with E-state index in [0.717, 1.165) is 17.9 Å². The highest BCUT2D eigenvalue weighted by atomic mass is 15.0. The topological polar surface area (TPSA) is 12.0 Å². The second-order valence-corrected chi connectivity index (χ2v) is 5.58. The molecule has 0 aromatic carbocycles. The molecule has 0 spiro atoms. The molecule has 90 valence electrons. The molecule has 4 atom stereocenters. The molecular formula is C14H29N. The highest BCUT2D eigenvalue weighted by molar-refractivity contribution is 4.86. The van der Waals surface area contributed by atoms with Crippen LogP contribution in [-0.4, -0.2) is 12.1 Å². The van der Waals surface area contributed by atoms with Crippen molar-refractivity contribution in [2.45, 2.75) is 78.3 Å². The number of rotatable bonds is 6. The lowest BCUT2D eigenvalue weighted by Crippen LogP contribution is -2.38. The van der Waals surface area contributed by atoms with E-state index < -0.39 is 0 Å². The van der Waals surface area contributed by atoms with Gasteiger partial charge in [-0.15, -0.1) is 0 Å². The molecule has 0 aromatic rings. The van der Waals surface area contributed by atoms with Gasteiger partial charge < -0.3 is 5.32 Å². The summed E-state index contributed by atoms with van der Waals surface area (Å²) < 4.78 is 0. The highest BCUT2D eigenvalue weighted by Gasteiger charge is 2.29. The summed E-state index contributed by atoms with van der Waals surface area (Å²) in [5.74, 6) is 1.80. The van der Waals surface area contributed by atoms with Crippen LogP contribution >= 0.6 is 0 Å². The molecule has 0 aromatic heterocycles. The van der Waals surface area contributed by atoms with Gasteiger partial charge in [0.2, 0.25) is 0 Å². The lowest BCUT2D eigenvalue weighted by Gasteiger charge is -2.24. The van der Waals surface area contributed by atoms with E-state index in [1.165, 1.54) is 38.5 Å². The first-order valence-corrected chi connectivity index (χ1v) is 6.91. The third kappa shape index (κ3) is 4.14. The maximum Gasteiger partial charge on any atom is 0.00978 e. The average molecular weight is 211 g/mol. The second kappa shape index (κ2) is 6.52. The monoisotopic (exact) mass is 211 g/mol. The van der Waals surface area contributed by atoms with Crippen molar-refractivity contribution in [3.8, 4) is 0 Å². The molecule has 1 N–H and O–H groups in total. The van der Waals surface area contributed by atoms with Crippen molar-refractivity contribution >= 4 is 0 Å². The fourth-order valence-corrected chi connectivity index (χ4v) is 2.75. The van der Waals surface area contributed by atoms with Gasteiger partial charge >= 0.3 is 0 Å². The van der Waals surface area contributed by atoms with Gasteiger partial charge in [-0.3, -0.25) is 0 Å². The minimum atomic E-state index is 0.717. The van der Waals surface area contributed by atoms with Crippen molar-refractivity contribution < 1.29 is 0 Å². The summed E-state index contributed by atoms with van der Waals surface area (Å²) in [5.41, 5.74) is 0. The number of unbranched alkanes of at least 4 members (excludes halogenated alkanes) is 2. The van der Waals surface area contributed by atoms with Gasteiger partial charge in [0.05, 0.1) is 0 Å². The Morgan fingerprint density at radius 2 is 1.93 bits per heavy atom. The van der Waals surface area contributed by atoms with E-state index in [2.05, 4.69) is 33.0 Å². The molecule has 0 saturated heterocycles. The van der Waals surface area contributed by atoms with Gasteiger partial charge in [0.15, 0.2) is 0 Å². The molecule has 1 nitrogen and oxygen atoms in total. The van der Waals surface area contributed by atoms with Crippen LogP contribution in [0, 0.1) is 11.8 Å². The highest BCUT2D eigenvalue weighted by Crippen LogP contribution is 2.31. The van der Waals surface area contributed by atoms with Gasteiger partial charge in [-0.25, -0.2) is 0 Å². The largest absolute Gasteiger partial charge is 0.311 e. The maximum atomic E-state index is 3.82. The predicted octanol–water partition coefficient (Wildman–Crippen LogP) is 3.98. The lowest BCUT2D eigenvalue weighted by atomic mass is 9.97. The third-order valence-electron chi connectivity index (χ3n) is 4.20. The van der Waals surface area contributed by atoms with E-state index in [1.54, 1.807) is 0 Å². The predicted molar refractivity (Wildman–Crippen MR) is 68.1 cm³/mol.